The molecule has 0 aliphatic carbocycles. The zero-order valence-corrected chi connectivity index (χ0v) is 13.1. The van der Waals surface area contributed by atoms with Gasteiger partial charge in [-0.05, 0) is 0 Å². The summed E-state index contributed by atoms with van der Waals surface area (Å²) in [5, 5.41) is 0. The molecule has 0 saturated carbocycles. The number of hydrogen-bond acceptors (Lipinski definition) is 0. The Morgan fingerprint density at radius 1 is 0.750 bits per heavy atom. The molecule has 2 aromatic rings. The van der Waals surface area contributed by atoms with Gasteiger partial charge in [0.15, 0.2) is 0 Å². The first kappa shape index (κ1) is 11.7. The van der Waals surface area contributed by atoms with E-state index in [0.717, 1.165) is 0 Å². The third kappa shape index (κ3) is 2.88. The number of benzene rings is 2. The van der Waals surface area contributed by atoms with Gasteiger partial charge in [0.1, 0.15) is 0 Å². The molecule has 0 fully saturated rings. The second-order valence-corrected chi connectivity index (χ2v) is 12.8. The summed E-state index contributed by atoms with van der Waals surface area (Å²) in [5.41, 5.74) is 0. The van der Waals surface area contributed by atoms with Crippen LogP contribution in [-0.2, 0) is 0 Å². The average Bonchev–Trinajstić information content (AvgIpc) is 2.38. The molecule has 0 bridgehead atoms. The van der Waals surface area contributed by atoms with Gasteiger partial charge in [0, 0.05) is 0 Å². The fourth-order valence-electron chi connectivity index (χ4n) is 2.19. The molecular weight excluding hydrogens is 299 g/mol. The fourth-order valence-corrected chi connectivity index (χ4v) is 10.8. The van der Waals surface area contributed by atoms with Crippen molar-refractivity contribution in [2.45, 2.75) is 17.8 Å². The summed E-state index contributed by atoms with van der Waals surface area (Å²) in [6.45, 7) is 2.30. The Hall–Kier alpha value is -0.761. The first-order chi connectivity index (χ1) is 7.92. The number of rotatable bonds is 4. The van der Waals surface area contributed by atoms with Crippen molar-refractivity contribution in [1.82, 2.24) is 0 Å². The van der Waals surface area contributed by atoms with Gasteiger partial charge in [0.25, 0.3) is 0 Å². The van der Waals surface area contributed by atoms with Crippen molar-refractivity contribution in [3.63, 3.8) is 0 Å². The Morgan fingerprint density at radius 3 is 1.56 bits per heavy atom. The van der Waals surface area contributed by atoms with E-state index in [1.165, 1.54) is 10.9 Å². The van der Waals surface area contributed by atoms with Gasteiger partial charge in [-0.1, -0.05) is 0 Å². The molecule has 0 atom stereocenters. The van der Waals surface area contributed by atoms with Gasteiger partial charge in [-0.2, -0.15) is 0 Å². The van der Waals surface area contributed by atoms with Gasteiger partial charge in [0.05, 0.1) is 0 Å². The first-order valence-electron chi connectivity index (χ1n) is 6.01. The van der Waals surface area contributed by atoms with Crippen LogP contribution < -0.4 is 7.16 Å². The van der Waals surface area contributed by atoms with Crippen LogP contribution in [0.5, 0.6) is 0 Å². The standard InChI is InChI=1S/2C6H5.C3H7.Sn.H/c2*1-2-4-6-5-3-1;1-3-2;;/h2*1-5H;1,3H2,2H3;;. The molecule has 0 amide bonds. The predicted molar refractivity (Wildman–Crippen MR) is 74.4 cm³/mol. The Morgan fingerprint density at radius 2 is 1.19 bits per heavy atom. The van der Waals surface area contributed by atoms with E-state index in [1.54, 1.807) is 7.16 Å². The van der Waals surface area contributed by atoms with Gasteiger partial charge in [-0.25, -0.2) is 0 Å². The van der Waals surface area contributed by atoms with E-state index >= 15 is 0 Å². The average molecular weight is 317 g/mol. The van der Waals surface area contributed by atoms with Crippen LogP contribution in [0.25, 0.3) is 0 Å². The number of hydrogen-bond donors (Lipinski definition) is 0. The predicted octanol–water partition coefficient (Wildman–Crippen LogP) is 2.44. The Labute approximate surface area is 105 Å². The van der Waals surface area contributed by atoms with Crippen molar-refractivity contribution >= 4 is 26.9 Å². The Balaban J connectivity index is 2.31. The molecule has 16 heavy (non-hydrogen) atoms. The van der Waals surface area contributed by atoms with Crippen LogP contribution in [0.4, 0.5) is 0 Å². The molecule has 0 aliphatic heterocycles. The summed E-state index contributed by atoms with van der Waals surface area (Å²) in [6.07, 6.45) is 1.31. The van der Waals surface area contributed by atoms with Gasteiger partial charge in [-0.3, -0.25) is 0 Å². The molecule has 0 heterocycles. The normalized spacial score (nSPS) is 10.6. The molecule has 82 valence electrons. The van der Waals surface area contributed by atoms with Crippen LogP contribution in [0.1, 0.15) is 13.3 Å². The van der Waals surface area contributed by atoms with Crippen molar-refractivity contribution < 1.29 is 0 Å². The van der Waals surface area contributed by atoms with E-state index in [1.807, 2.05) is 0 Å². The van der Waals surface area contributed by atoms with E-state index < -0.39 is 19.8 Å². The van der Waals surface area contributed by atoms with Gasteiger partial charge >= 0.3 is 105 Å². The summed E-state index contributed by atoms with van der Waals surface area (Å²) in [4.78, 5) is 0. The maximum atomic E-state index is 2.32. The molecule has 0 aromatic heterocycles. The third-order valence-corrected chi connectivity index (χ3v) is 13.1. The van der Waals surface area contributed by atoms with Crippen LogP contribution in [-0.4, -0.2) is 19.8 Å². The third-order valence-electron chi connectivity index (χ3n) is 2.98. The molecule has 2 aromatic carbocycles. The van der Waals surface area contributed by atoms with Crippen LogP contribution in [0.3, 0.4) is 0 Å². The van der Waals surface area contributed by atoms with E-state index in [9.17, 15) is 0 Å². The quantitative estimate of drug-likeness (QED) is 0.760. The zero-order chi connectivity index (χ0) is 11.2. The zero-order valence-electron chi connectivity index (χ0n) is 9.77. The van der Waals surface area contributed by atoms with E-state index in [2.05, 4.69) is 67.6 Å². The van der Waals surface area contributed by atoms with Crippen molar-refractivity contribution in [2.24, 2.45) is 0 Å². The molecule has 0 unspecified atom stereocenters. The van der Waals surface area contributed by atoms with Crippen LogP contribution >= 0.6 is 0 Å². The molecule has 0 radical (unpaired) electrons. The van der Waals surface area contributed by atoms with Crippen LogP contribution in [0.2, 0.25) is 4.44 Å². The topological polar surface area (TPSA) is 0 Å². The van der Waals surface area contributed by atoms with Crippen molar-refractivity contribution in [1.29, 1.82) is 0 Å². The van der Waals surface area contributed by atoms with Crippen molar-refractivity contribution in [3.05, 3.63) is 60.7 Å². The summed E-state index contributed by atoms with van der Waals surface area (Å²) in [6, 6.07) is 22.2. The molecule has 1 heteroatoms. The van der Waals surface area contributed by atoms with Crippen LogP contribution in [0.15, 0.2) is 60.7 Å². The van der Waals surface area contributed by atoms with Gasteiger partial charge in [0.2, 0.25) is 0 Å². The summed E-state index contributed by atoms with van der Waals surface area (Å²) < 4.78 is 4.70. The Bertz CT molecular complexity index is 368. The van der Waals surface area contributed by atoms with Gasteiger partial charge < -0.3 is 0 Å². The molecular formula is C15H18Sn. The second kappa shape index (κ2) is 6.09. The van der Waals surface area contributed by atoms with Crippen molar-refractivity contribution in [3.8, 4) is 0 Å². The summed E-state index contributed by atoms with van der Waals surface area (Å²) in [5.74, 6) is 0. The summed E-state index contributed by atoms with van der Waals surface area (Å²) >= 11 is -1.72. The fraction of sp³-hybridized carbons (Fsp3) is 0.200. The maximum absolute atomic E-state index is 2.32. The summed E-state index contributed by atoms with van der Waals surface area (Å²) in [7, 11) is 0. The molecule has 0 spiro atoms. The van der Waals surface area contributed by atoms with Gasteiger partial charge in [-0.15, -0.1) is 0 Å². The van der Waals surface area contributed by atoms with E-state index in [-0.39, 0.29) is 0 Å². The minimum absolute atomic E-state index is 1.31. The monoisotopic (exact) mass is 318 g/mol. The molecule has 0 saturated heterocycles. The molecule has 0 N–H and O–H groups in total. The van der Waals surface area contributed by atoms with Crippen LogP contribution in [0, 0.1) is 0 Å². The van der Waals surface area contributed by atoms with E-state index in [0.29, 0.717) is 0 Å². The SMILES string of the molecule is CC[CH2][SnH]([c]1ccccc1)[c]1ccccc1. The van der Waals surface area contributed by atoms with E-state index in [4.69, 9.17) is 0 Å². The molecule has 0 nitrogen and oxygen atoms in total. The molecule has 0 aliphatic rings. The molecule has 2 rings (SSSR count). The van der Waals surface area contributed by atoms with Crippen molar-refractivity contribution in [2.75, 3.05) is 0 Å². The first-order valence-corrected chi connectivity index (χ1v) is 11.6. The Kier molecular flexibility index (Phi) is 4.46. The minimum atomic E-state index is -1.72. The second-order valence-electron chi connectivity index (χ2n) is 4.16.